The molecule has 0 saturated carbocycles. The second-order valence-electron chi connectivity index (χ2n) is 2.76. The smallest absolute Gasteiger partial charge is 0.276 e. The van der Waals surface area contributed by atoms with Crippen molar-refractivity contribution in [1.82, 2.24) is 15.2 Å². The predicted octanol–water partition coefficient (Wildman–Crippen LogP) is 0.577. The van der Waals surface area contributed by atoms with Crippen LogP contribution in [0.15, 0.2) is 17.6 Å². The fourth-order valence-corrected chi connectivity index (χ4v) is 1.68. The molecule has 0 spiro atoms. The number of aromatic amines is 1. The fourth-order valence-electron chi connectivity index (χ4n) is 1.02. The molecule has 0 atom stereocenters. The molecule has 2 aromatic rings. The van der Waals surface area contributed by atoms with E-state index in [1.54, 1.807) is 17.6 Å². The summed E-state index contributed by atoms with van der Waals surface area (Å²) in [6.07, 6.45) is 1.56. The zero-order valence-electron chi connectivity index (χ0n) is 7.73. The van der Waals surface area contributed by atoms with Gasteiger partial charge in [0.2, 0.25) is 0 Å². The van der Waals surface area contributed by atoms with E-state index in [0.717, 1.165) is 5.01 Å². The van der Waals surface area contributed by atoms with Gasteiger partial charge in [0.15, 0.2) is 0 Å². The first-order valence-corrected chi connectivity index (χ1v) is 5.13. The third-order valence-corrected chi connectivity index (χ3v) is 2.58. The first-order chi connectivity index (χ1) is 7.29. The van der Waals surface area contributed by atoms with Gasteiger partial charge in [-0.25, -0.2) is 4.98 Å². The number of nitrogens with zero attached hydrogens (tertiary/aromatic N) is 2. The summed E-state index contributed by atoms with van der Waals surface area (Å²) in [7, 11) is 0. The Kier molecular flexibility index (Phi) is 2.75. The van der Waals surface area contributed by atoms with Gasteiger partial charge in [0.05, 0.1) is 6.20 Å². The van der Waals surface area contributed by atoms with E-state index in [1.807, 2.05) is 0 Å². The predicted molar refractivity (Wildman–Crippen MR) is 56.5 cm³/mol. The third kappa shape index (κ3) is 2.20. The van der Waals surface area contributed by atoms with Gasteiger partial charge >= 0.3 is 0 Å². The number of thiazole rings is 1. The number of hydrogen-bond donors (Lipinski definition) is 3. The summed E-state index contributed by atoms with van der Waals surface area (Å²) in [4.78, 5) is 15.6. The Morgan fingerprint density at radius 1 is 1.67 bits per heavy atom. The van der Waals surface area contributed by atoms with Crippen molar-refractivity contribution in [3.63, 3.8) is 0 Å². The van der Waals surface area contributed by atoms with Crippen molar-refractivity contribution in [3.8, 4) is 0 Å². The molecule has 0 fully saturated rings. The van der Waals surface area contributed by atoms with Crippen molar-refractivity contribution < 1.29 is 4.79 Å². The lowest BCUT2D eigenvalue weighted by molar-refractivity contribution is 0.102. The van der Waals surface area contributed by atoms with Gasteiger partial charge in [-0.1, -0.05) is 0 Å². The summed E-state index contributed by atoms with van der Waals surface area (Å²) in [5.41, 5.74) is 5.77. The monoisotopic (exact) mass is 223 g/mol. The number of aromatic nitrogens is 3. The number of nitrogens with one attached hydrogen (secondary N) is 2. The Hall–Kier alpha value is -1.73. The maximum absolute atomic E-state index is 11.6. The van der Waals surface area contributed by atoms with Crippen LogP contribution >= 0.6 is 11.3 Å². The number of anilines is 1. The van der Waals surface area contributed by atoms with Gasteiger partial charge in [0.25, 0.3) is 5.91 Å². The molecule has 0 aliphatic heterocycles. The van der Waals surface area contributed by atoms with Crippen LogP contribution in [0.3, 0.4) is 0 Å². The van der Waals surface area contributed by atoms with Crippen LogP contribution in [-0.2, 0) is 6.54 Å². The highest BCUT2D eigenvalue weighted by molar-refractivity contribution is 7.09. The van der Waals surface area contributed by atoms with Crippen LogP contribution in [0.5, 0.6) is 0 Å². The minimum absolute atomic E-state index is 0.268. The lowest BCUT2D eigenvalue weighted by Crippen LogP contribution is -2.13. The van der Waals surface area contributed by atoms with E-state index >= 15 is 0 Å². The highest BCUT2D eigenvalue weighted by atomic mass is 32.1. The standard InChI is InChI=1S/C8H9N5OS/c9-3-7-11-5(4-15-7)8(14)12-6-1-2-10-13-6/h1-2,4H,3,9H2,(H2,10,12,13,14). The molecule has 0 aliphatic carbocycles. The van der Waals surface area contributed by atoms with Crippen molar-refractivity contribution in [2.75, 3.05) is 5.32 Å². The van der Waals surface area contributed by atoms with Crippen LogP contribution in [0.1, 0.15) is 15.5 Å². The minimum atomic E-state index is -0.268. The van der Waals surface area contributed by atoms with Gasteiger partial charge in [-0.2, -0.15) is 5.10 Å². The van der Waals surface area contributed by atoms with Crippen LogP contribution in [0.2, 0.25) is 0 Å². The summed E-state index contributed by atoms with van der Waals surface area (Å²) in [5, 5.41) is 11.4. The van der Waals surface area contributed by atoms with E-state index in [1.165, 1.54) is 11.3 Å². The lowest BCUT2D eigenvalue weighted by atomic mass is 10.4. The largest absolute Gasteiger partial charge is 0.325 e. The maximum atomic E-state index is 11.6. The first-order valence-electron chi connectivity index (χ1n) is 4.25. The zero-order valence-corrected chi connectivity index (χ0v) is 8.54. The fraction of sp³-hybridized carbons (Fsp3) is 0.125. The molecule has 0 unspecified atom stereocenters. The van der Waals surface area contributed by atoms with Gasteiger partial charge in [-0.05, 0) is 0 Å². The van der Waals surface area contributed by atoms with Crippen molar-refractivity contribution in [1.29, 1.82) is 0 Å². The normalized spacial score (nSPS) is 10.2. The number of amides is 1. The van der Waals surface area contributed by atoms with Gasteiger partial charge in [0, 0.05) is 18.0 Å². The molecule has 0 bridgehead atoms. The average Bonchev–Trinajstić information content (AvgIpc) is 2.86. The van der Waals surface area contributed by atoms with Gasteiger partial charge < -0.3 is 11.1 Å². The second-order valence-corrected chi connectivity index (χ2v) is 3.70. The SMILES string of the molecule is NCc1nc(C(=O)Nc2ccn[nH]2)cs1. The van der Waals surface area contributed by atoms with E-state index in [4.69, 9.17) is 5.73 Å². The number of carbonyl (C=O) groups excluding carboxylic acids is 1. The van der Waals surface area contributed by atoms with E-state index in [2.05, 4.69) is 20.5 Å². The first kappa shape index (κ1) is 9.81. The van der Waals surface area contributed by atoms with Gasteiger partial charge in [0.1, 0.15) is 16.5 Å². The number of hydrogen-bond acceptors (Lipinski definition) is 5. The molecular weight excluding hydrogens is 214 g/mol. The quantitative estimate of drug-likeness (QED) is 0.709. The molecule has 0 aromatic carbocycles. The third-order valence-electron chi connectivity index (χ3n) is 1.71. The summed E-state index contributed by atoms with van der Waals surface area (Å²) in [6.45, 7) is 0.349. The lowest BCUT2D eigenvalue weighted by Gasteiger charge is -1.97. The van der Waals surface area contributed by atoms with Crippen molar-refractivity contribution >= 4 is 23.1 Å². The minimum Gasteiger partial charge on any atom is -0.325 e. The molecule has 6 nitrogen and oxygen atoms in total. The molecule has 7 heteroatoms. The Morgan fingerprint density at radius 2 is 2.53 bits per heavy atom. The van der Waals surface area contributed by atoms with E-state index in [-0.39, 0.29) is 5.91 Å². The average molecular weight is 223 g/mol. The number of carbonyl (C=O) groups is 1. The Bertz CT molecular complexity index is 449. The molecule has 4 N–H and O–H groups in total. The van der Waals surface area contributed by atoms with Gasteiger partial charge in [-0.15, -0.1) is 11.3 Å². The van der Waals surface area contributed by atoms with Crippen LogP contribution in [0.25, 0.3) is 0 Å². The zero-order chi connectivity index (χ0) is 10.7. The van der Waals surface area contributed by atoms with Crippen molar-refractivity contribution in [3.05, 3.63) is 28.3 Å². The summed E-state index contributed by atoms with van der Waals surface area (Å²) in [5.74, 6) is 0.275. The number of nitrogens with two attached hydrogens (primary N) is 1. The maximum Gasteiger partial charge on any atom is 0.276 e. The molecule has 15 heavy (non-hydrogen) atoms. The molecule has 78 valence electrons. The topological polar surface area (TPSA) is 96.7 Å². The van der Waals surface area contributed by atoms with Gasteiger partial charge in [-0.3, -0.25) is 9.89 Å². The molecule has 0 aliphatic rings. The second kappa shape index (κ2) is 4.20. The summed E-state index contributed by atoms with van der Waals surface area (Å²) in [6, 6.07) is 1.66. The van der Waals surface area contributed by atoms with E-state index in [9.17, 15) is 4.79 Å². The summed E-state index contributed by atoms with van der Waals surface area (Å²) < 4.78 is 0. The Labute approximate surface area is 89.5 Å². The van der Waals surface area contributed by atoms with Crippen molar-refractivity contribution in [2.45, 2.75) is 6.54 Å². The molecule has 2 rings (SSSR count). The molecule has 0 saturated heterocycles. The summed E-state index contributed by atoms with van der Waals surface area (Å²) >= 11 is 1.37. The molecule has 2 aromatic heterocycles. The number of H-pyrrole nitrogens is 1. The Balaban J connectivity index is 2.08. The van der Waals surface area contributed by atoms with Crippen LogP contribution in [-0.4, -0.2) is 21.1 Å². The Morgan fingerprint density at radius 3 is 3.13 bits per heavy atom. The molecular formula is C8H9N5OS. The molecule has 2 heterocycles. The highest BCUT2D eigenvalue weighted by Crippen LogP contribution is 2.10. The van der Waals surface area contributed by atoms with Crippen molar-refractivity contribution in [2.24, 2.45) is 5.73 Å². The van der Waals surface area contributed by atoms with Crippen LogP contribution in [0.4, 0.5) is 5.82 Å². The van der Waals surface area contributed by atoms with Crippen LogP contribution < -0.4 is 11.1 Å². The van der Waals surface area contributed by atoms with Crippen LogP contribution in [0, 0.1) is 0 Å². The van der Waals surface area contributed by atoms with E-state index < -0.39 is 0 Å². The molecule has 0 radical (unpaired) electrons. The molecule has 1 amide bonds. The highest BCUT2D eigenvalue weighted by Gasteiger charge is 2.10. The number of rotatable bonds is 3. The van der Waals surface area contributed by atoms with E-state index in [0.29, 0.717) is 18.1 Å².